The monoisotopic (exact) mass is 515 g/mol. The van der Waals surface area contributed by atoms with E-state index in [9.17, 15) is 10.1 Å². The molecule has 3 heterocycles. The zero-order valence-electron chi connectivity index (χ0n) is 24.5. The van der Waals surface area contributed by atoms with Gasteiger partial charge < -0.3 is 14.7 Å². The summed E-state index contributed by atoms with van der Waals surface area (Å²) in [6.07, 6.45) is 8.31. The van der Waals surface area contributed by atoms with Gasteiger partial charge in [-0.1, -0.05) is 32.1 Å². The number of hydrogen-bond acceptors (Lipinski definition) is 5. The van der Waals surface area contributed by atoms with Crippen LogP contribution in [0, 0.1) is 17.2 Å². The summed E-state index contributed by atoms with van der Waals surface area (Å²) in [7, 11) is 0. The first-order valence-corrected chi connectivity index (χ1v) is 14.1. The Morgan fingerprint density at radius 2 is 1.74 bits per heavy atom. The molecule has 0 N–H and O–H groups in total. The minimum atomic E-state index is -0.349. The molecule has 0 bridgehead atoms. The summed E-state index contributed by atoms with van der Waals surface area (Å²) in [6.45, 7) is 22.4. The number of rotatable bonds is 5. The maximum Gasteiger partial charge on any atom is 0.273 e. The van der Waals surface area contributed by atoms with E-state index >= 15 is 0 Å². The van der Waals surface area contributed by atoms with E-state index in [0.717, 1.165) is 62.4 Å². The largest absolute Gasteiger partial charge is 0.368 e. The number of piperazine rings is 1. The molecule has 1 amide bonds. The van der Waals surface area contributed by atoms with Crippen molar-refractivity contribution in [3.8, 4) is 6.07 Å². The topological polar surface area (TPSA) is 63.5 Å². The maximum absolute atomic E-state index is 13.8. The predicted molar refractivity (Wildman–Crippen MR) is 155 cm³/mol. The third-order valence-corrected chi connectivity index (χ3v) is 8.39. The van der Waals surface area contributed by atoms with Gasteiger partial charge in [0.25, 0.3) is 5.91 Å². The smallest absolute Gasteiger partial charge is 0.273 e. The van der Waals surface area contributed by atoms with Crippen molar-refractivity contribution in [2.24, 2.45) is 5.92 Å². The Kier molecular flexibility index (Phi) is 7.79. The van der Waals surface area contributed by atoms with E-state index in [0.29, 0.717) is 18.3 Å². The van der Waals surface area contributed by atoms with Gasteiger partial charge in [-0.2, -0.15) is 5.26 Å². The second kappa shape index (κ2) is 10.6. The minimum Gasteiger partial charge on any atom is -0.368 e. The van der Waals surface area contributed by atoms with Crippen LogP contribution in [0.4, 0.5) is 5.69 Å². The number of hydrogen-bond donors (Lipinski definition) is 0. The Balaban J connectivity index is 1.50. The molecule has 1 aromatic rings. The van der Waals surface area contributed by atoms with Crippen molar-refractivity contribution in [1.29, 1.82) is 5.26 Å². The number of fused-ring (bicyclic) bond motifs is 1. The lowest BCUT2D eigenvalue weighted by atomic mass is 9.86. The molecule has 6 nitrogen and oxygen atoms in total. The molecule has 2 fully saturated rings. The number of aromatic nitrogens is 1. The minimum absolute atomic E-state index is 0.00287. The molecular weight excluding hydrogens is 470 g/mol. The Labute approximate surface area is 229 Å². The van der Waals surface area contributed by atoms with Crippen molar-refractivity contribution < 1.29 is 4.79 Å². The zero-order valence-corrected chi connectivity index (χ0v) is 24.5. The van der Waals surface area contributed by atoms with Crippen LogP contribution in [0.25, 0.3) is 0 Å². The number of allylic oxidation sites excluding steroid dienone is 4. The van der Waals surface area contributed by atoms with Gasteiger partial charge in [0.2, 0.25) is 0 Å². The number of anilines is 1. The van der Waals surface area contributed by atoms with Crippen molar-refractivity contribution in [2.45, 2.75) is 91.1 Å². The molecule has 1 aromatic heterocycles. The molecule has 0 unspecified atom stereocenters. The molecule has 0 radical (unpaired) electrons. The summed E-state index contributed by atoms with van der Waals surface area (Å²) in [6, 6.07) is 6.92. The van der Waals surface area contributed by atoms with Crippen LogP contribution in [0.15, 0.2) is 47.7 Å². The molecule has 1 aliphatic carbocycles. The summed E-state index contributed by atoms with van der Waals surface area (Å²) >= 11 is 0. The van der Waals surface area contributed by atoms with Crippen molar-refractivity contribution in [1.82, 2.24) is 14.8 Å². The van der Waals surface area contributed by atoms with Gasteiger partial charge >= 0.3 is 0 Å². The lowest BCUT2D eigenvalue weighted by Crippen LogP contribution is -2.60. The first kappa shape index (κ1) is 28.0. The quantitative estimate of drug-likeness (QED) is 0.435. The van der Waals surface area contributed by atoms with Crippen LogP contribution < -0.4 is 4.90 Å². The van der Waals surface area contributed by atoms with E-state index in [1.54, 1.807) is 0 Å². The number of carbonyl (C=O) groups is 1. The molecule has 0 atom stereocenters. The number of carbonyl (C=O) groups excluding carboxylic acids is 1. The fraction of sp³-hybridized carbons (Fsp3) is 0.594. The van der Waals surface area contributed by atoms with Gasteiger partial charge in [-0.15, -0.1) is 0 Å². The Bertz CT molecular complexity index is 1190. The van der Waals surface area contributed by atoms with Gasteiger partial charge in [0.05, 0.1) is 23.0 Å². The van der Waals surface area contributed by atoms with Crippen LogP contribution in [0.2, 0.25) is 0 Å². The fourth-order valence-corrected chi connectivity index (χ4v) is 6.49. The third-order valence-electron chi connectivity index (χ3n) is 8.39. The van der Waals surface area contributed by atoms with Crippen LogP contribution in [-0.2, 0) is 5.41 Å². The molecule has 2 aliphatic heterocycles. The molecule has 3 aliphatic rings. The lowest BCUT2D eigenvalue weighted by molar-refractivity contribution is 0.0269. The molecule has 1 saturated heterocycles. The third kappa shape index (κ3) is 5.67. The second-order valence-electron chi connectivity index (χ2n) is 13.0. The molecule has 6 heteroatoms. The van der Waals surface area contributed by atoms with E-state index in [4.69, 9.17) is 4.98 Å². The van der Waals surface area contributed by atoms with Crippen LogP contribution in [0.5, 0.6) is 0 Å². The van der Waals surface area contributed by atoms with Gasteiger partial charge in [0.1, 0.15) is 5.69 Å². The molecule has 1 saturated carbocycles. The molecule has 0 aromatic carbocycles. The van der Waals surface area contributed by atoms with Gasteiger partial charge in [-0.3, -0.25) is 4.79 Å². The summed E-state index contributed by atoms with van der Waals surface area (Å²) in [5.74, 6) is 0.195. The number of pyridine rings is 1. The maximum atomic E-state index is 13.8. The molecular formula is C32H45N5O. The van der Waals surface area contributed by atoms with Gasteiger partial charge in [-0.05, 0) is 84.1 Å². The van der Waals surface area contributed by atoms with Crippen molar-refractivity contribution in [3.63, 3.8) is 0 Å². The molecule has 38 heavy (non-hydrogen) atoms. The Morgan fingerprint density at radius 3 is 2.34 bits per heavy atom. The number of amides is 1. The van der Waals surface area contributed by atoms with E-state index in [1.165, 1.54) is 11.1 Å². The first-order valence-electron chi connectivity index (χ1n) is 14.1. The summed E-state index contributed by atoms with van der Waals surface area (Å²) < 4.78 is 0. The fourth-order valence-electron chi connectivity index (χ4n) is 6.49. The van der Waals surface area contributed by atoms with Crippen LogP contribution in [0.1, 0.15) is 90.3 Å². The zero-order chi connectivity index (χ0) is 27.8. The summed E-state index contributed by atoms with van der Waals surface area (Å²) in [5, 5.41) is 9.29. The first-order chi connectivity index (χ1) is 17.8. The molecule has 204 valence electrons. The highest BCUT2D eigenvalue weighted by Crippen LogP contribution is 2.43. The highest BCUT2D eigenvalue weighted by molar-refractivity contribution is 5.93. The standard InChI is InChI=1S/C32H45N5O/c1-22(2)17-23(3)18-24(4)35-15-16-37(32(7,8)21-35)30(38)27-13-14-28-29(34-27)31(5,6)20-36(28)26-11-9-25(19-33)10-12-26/h13-14,17-18,25-26H,4,9-12,15-16,20-21H2,1-3,5-8H3/b23-18-. The van der Waals surface area contributed by atoms with Gasteiger partial charge in [-0.25, -0.2) is 4.98 Å². The summed E-state index contributed by atoms with van der Waals surface area (Å²) in [5.41, 5.74) is 5.68. The predicted octanol–water partition coefficient (Wildman–Crippen LogP) is 6.22. The van der Waals surface area contributed by atoms with Crippen LogP contribution in [0.3, 0.4) is 0 Å². The Morgan fingerprint density at radius 1 is 1.05 bits per heavy atom. The van der Waals surface area contributed by atoms with Crippen LogP contribution in [-0.4, -0.2) is 58.5 Å². The normalized spacial score (nSPS) is 24.5. The van der Waals surface area contributed by atoms with Crippen molar-refractivity contribution in [2.75, 3.05) is 31.1 Å². The number of nitrogens with zero attached hydrogens (tertiary/aromatic N) is 5. The molecule has 0 spiro atoms. The van der Waals surface area contributed by atoms with E-state index < -0.39 is 0 Å². The van der Waals surface area contributed by atoms with Crippen molar-refractivity contribution >= 4 is 11.6 Å². The van der Waals surface area contributed by atoms with E-state index in [-0.39, 0.29) is 22.8 Å². The highest BCUT2D eigenvalue weighted by Gasteiger charge is 2.42. The van der Waals surface area contributed by atoms with Gasteiger partial charge in [0, 0.05) is 49.3 Å². The van der Waals surface area contributed by atoms with Gasteiger partial charge in [0.15, 0.2) is 0 Å². The Hall–Kier alpha value is -3.07. The molecule has 4 rings (SSSR count). The number of nitriles is 1. The van der Waals surface area contributed by atoms with Crippen molar-refractivity contribution in [3.05, 3.63) is 59.1 Å². The average molecular weight is 516 g/mol. The SMILES string of the molecule is C=C(/C=C(/C)C=C(C)C)N1CCN(C(=O)c2ccc3c(n2)C(C)(C)CN3C2CCC(C#N)CC2)C(C)(C)C1. The van der Waals surface area contributed by atoms with E-state index in [1.807, 2.05) is 11.0 Å². The average Bonchev–Trinajstić information content (AvgIpc) is 3.12. The second-order valence-corrected chi connectivity index (χ2v) is 13.0. The highest BCUT2D eigenvalue weighted by atomic mass is 16.2. The summed E-state index contributed by atoms with van der Waals surface area (Å²) in [4.78, 5) is 25.6. The van der Waals surface area contributed by atoms with E-state index in [2.05, 4.69) is 89.1 Å². The lowest BCUT2D eigenvalue weighted by Gasteiger charge is -2.48. The van der Waals surface area contributed by atoms with Crippen LogP contribution >= 0.6 is 0 Å².